The van der Waals surface area contributed by atoms with Gasteiger partial charge in [0, 0.05) is 25.0 Å². The molecule has 0 aromatic rings. The average molecular weight is 226 g/mol. The van der Waals surface area contributed by atoms with Crippen LogP contribution in [0, 0.1) is 11.8 Å². The number of piperidine rings is 1. The Bertz CT molecular complexity index is 226. The van der Waals surface area contributed by atoms with Gasteiger partial charge < -0.3 is 10.2 Å². The van der Waals surface area contributed by atoms with Crippen LogP contribution in [0.5, 0.6) is 0 Å². The van der Waals surface area contributed by atoms with Gasteiger partial charge in [-0.2, -0.15) is 0 Å². The number of carbonyl (C=O) groups excluding carboxylic acids is 1. The van der Waals surface area contributed by atoms with Gasteiger partial charge in [-0.25, -0.2) is 0 Å². The molecule has 3 nitrogen and oxygen atoms in total. The third-order valence-corrected chi connectivity index (χ3v) is 3.37. The molecule has 0 unspecified atom stereocenters. The second kappa shape index (κ2) is 6.24. The molecule has 3 heteroatoms. The van der Waals surface area contributed by atoms with E-state index in [2.05, 4.69) is 24.1 Å². The first kappa shape index (κ1) is 13.5. The van der Waals surface area contributed by atoms with Crippen molar-refractivity contribution in [2.24, 2.45) is 11.8 Å². The van der Waals surface area contributed by atoms with E-state index in [9.17, 15) is 4.79 Å². The summed E-state index contributed by atoms with van der Waals surface area (Å²) >= 11 is 0. The highest BCUT2D eigenvalue weighted by Crippen LogP contribution is 2.17. The zero-order valence-corrected chi connectivity index (χ0v) is 11.1. The molecule has 94 valence electrons. The Hall–Kier alpha value is -0.570. The largest absolute Gasteiger partial charge is 0.356 e. The monoisotopic (exact) mass is 226 g/mol. The van der Waals surface area contributed by atoms with Crippen molar-refractivity contribution < 1.29 is 4.79 Å². The van der Waals surface area contributed by atoms with Crippen molar-refractivity contribution in [1.82, 2.24) is 10.2 Å². The van der Waals surface area contributed by atoms with Gasteiger partial charge in [-0.3, -0.25) is 4.79 Å². The normalized spacial score (nSPS) is 22.8. The van der Waals surface area contributed by atoms with Crippen molar-refractivity contribution in [1.29, 1.82) is 0 Å². The second-order valence-corrected chi connectivity index (χ2v) is 5.50. The van der Waals surface area contributed by atoms with Crippen LogP contribution in [0.2, 0.25) is 0 Å². The number of rotatable bonds is 4. The number of likely N-dealkylation sites (tertiary alicyclic amines) is 1. The van der Waals surface area contributed by atoms with Crippen molar-refractivity contribution in [2.45, 2.75) is 46.6 Å². The molecule has 16 heavy (non-hydrogen) atoms. The molecule has 0 spiro atoms. The highest BCUT2D eigenvalue weighted by molar-refractivity contribution is 5.77. The van der Waals surface area contributed by atoms with Crippen molar-refractivity contribution in [3.8, 4) is 0 Å². The molecule has 0 aliphatic carbocycles. The molecule has 1 heterocycles. The molecule has 1 saturated heterocycles. The van der Waals surface area contributed by atoms with E-state index in [4.69, 9.17) is 0 Å². The lowest BCUT2D eigenvalue weighted by molar-refractivity contribution is -0.124. The molecule has 1 rings (SSSR count). The lowest BCUT2D eigenvalue weighted by Gasteiger charge is -2.35. The molecule has 0 radical (unpaired) electrons. The number of hydrogen-bond acceptors (Lipinski definition) is 2. The van der Waals surface area contributed by atoms with Crippen LogP contribution in [0.15, 0.2) is 0 Å². The van der Waals surface area contributed by atoms with Crippen molar-refractivity contribution in [2.75, 3.05) is 19.6 Å². The Labute approximate surface area is 99.6 Å². The molecular weight excluding hydrogens is 200 g/mol. The average Bonchev–Trinajstić information content (AvgIpc) is 2.26. The van der Waals surface area contributed by atoms with Crippen LogP contribution in [0.25, 0.3) is 0 Å². The predicted molar refractivity (Wildman–Crippen MR) is 67.3 cm³/mol. The Kier molecular flexibility index (Phi) is 5.26. The molecule has 0 aromatic heterocycles. The maximum absolute atomic E-state index is 11.5. The first-order chi connectivity index (χ1) is 7.50. The minimum absolute atomic E-state index is 0.102. The number of nitrogens with one attached hydrogen (secondary N) is 1. The molecule has 1 aliphatic rings. The topological polar surface area (TPSA) is 32.3 Å². The van der Waals surface area contributed by atoms with Gasteiger partial charge in [0.15, 0.2) is 0 Å². The second-order valence-electron chi connectivity index (χ2n) is 5.50. The Morgan fingerprint density at radius 2 is 2.06 bits per heavy atom. The van der Waals surface area contributed by atoms with Crippen LogP contribution in [-0.2, 0) is 4.79 Å². The van der Waals surface area contributed by atoms with Crippen LogP contribution in [-0.4, -0.2) is 36.5 Å². The molecule has 0 bridgehead atoms. The van der Waals surface area contributed by atoms with Gasteiger partial charge in [-0.05, 0) is 39.2 Å². The molecule has 1 N–H and O–H groups in total. The van der Waals surface area contributed by atoms with Gasteiger partial charge in [0.2, 0.25) is 5.91 Å². The van der Waals surface area contributed by atoms with Gasteiger partial charge >= 0.3 is 0 Å². The molecule has 1 amide bonds. The van der Waals surface area contributed by atoms with E-state index in [1.165, 1.54) is 19.4 Å². The van der Waals surface area contributed by atoms with Crippen molar-refractivity contribution >= 4 is 5.91 Å². The van der Waals surface area contributed by atoms with E-state index in [-0.39, 0.29) is 11.8 Å². The smallest absolute Gasteiger partial charge is 0.222 e. The predicted octanol–water partition coefficient (Wildman–Crippen LogP) is 1.88. The van der Waals surface area contributed by atoms with Crippen molar-refractivity contribution in [3.63, 3.8) is 0 Å². The molecule has 1 fully saturated rings. The van der Waals surface area contributed by atoms with Gasteiger partial charge in [-0.15, -0.1) is 0 Å². The summed E-state index contributed by atoms with van der Waals surface area (Å²) in [5, 5.41) is 3.05. The van der Waals surface area contributed by atoms with Gasteiger partial charge in [0.05, 0.1) is 0 Å². The summed E-state index contributed by atoms with van der Waals surface area (Å²) in [6.07, 6.45) is 2.52. The minimum Gasteiger partial charge on any atom is -0.356 e. The molecule has 1 atom stereocenters. The third-order valence-electron chi connectivity index (χ3n) is 3.37. The highest BCUT2D eigenvalue weighted by Gasteiger charge is 2.22. The zero-order valence-electron chi connectivity index (χ0n) is 11.1. The number of amides is 1. The van der Waals surface area contributed by atoms with Crippen LogP contribution in [0.3, 0.4) is 0 Å². The van der Waals surface area contributed by atoms with Crippen LogP contribution in [0.1, 0.15) is 40.5 Å². The third kappa shape index (κ3) is 4.12. The summed E-state index contributed by atoms with van der Waals surface area (Å²) in [6.45, 7) is 11.6. The highest BCUT2D eigenvalue weighted by atomic mass is 16.1. The SMILES string of the molecule is CC(C)C(=O)NC[C@@H]1CCCN(C(C)C)C1. The van der Waals surface area contributed by atoms with E-state index < -0.39 is 0 Å². The Morgan fingerprint density at radius 3 is 2.62 bits per heavy atom. The lowest BCUT2D eigenvalue weighted by Crippen LogP contribution is -2.44. The van der Waals surface area contributed by atoms with Crippen molar-refractivity contribution in [3.05, 3.63) is 0 Å². The van der Waals surface area contributed by atoms with E-state index >= 15 is 0 Å². The fraction of sp³-hybridized carbons (Fsp3) is 0.923. The fourth-order valence-electron chi connectivity index (χ4n) is 2.18. The Morgan fingerprint density at radius 1 is 1.38 bits per heavy atom. The summed E-state index contributed by atoms with van der Waals surface area (Å²) < 4.78 is 0. The maximum Gasteiger partial charge on any atom is 0.222 e. The lowest BCUT2D eigenvalue weighted by atomic mass is 9.97. The van der Waals surface area contributed by atoms with Gasteiger partial charge in [0.1, 0.15) is 0 Å². The molecule has 0 saturated carbocycles. The van der Waals surface area contributed by atoms with E-state index in [0.29, 0.717) is 12.0 Å². The van der Waals surface area contributed by atoms with E-state index in [1.54, 1.807) is 0 Å². The van der Waals surface area contributed by atoms with Crippen LogP contribution >= 0.6 is 0 Å². The first-order valence-corrected chi connectivity index (χ1v) is 6.52. The summed E-state index contributed by atoms with van der Waals surface area (Å²) in [5.74, 6) is 0.922. The molecule has 0 aromatic carbocycles. The number of nitrogens with zero attached hydrogens (tertiary/aromatic N) is 1. The summed E-state index contributed by atoms with van der Waals surface area (Å²) in [7, 11) is 0. The zero-order chi connectivity index (χ0) is 12.1. The number of carbonyl (C=O) groups is 1. The number of hydrogen-bond donors (Lipinski definition) is 1. The quantitative estimate of drug-likeness (QED) is 0.794. The first-order valence-electron chi connectivity index (χ1n) is 6.52. The summed E-state index contributed by atoms with van der Waals surface area (Å²) in [5.41, 5.74) is 0. The van der Waals surface area contributed by atoms with E-state index in [0.717, 1.165) is 13.1 Å². The van der Waals surface area contributed by atoms with Gasteiger partial charge in [0.25, 0.3) is 0 Å². The molecule has 1 aliphatic heterocycles. The summed E-state index contributed by atoms with van der Waals surface area (Å²) in [6, 6.07) is 0.628. The molecular formula is C13H26N2O. The Balaban J connectivity index is 2.29. The van der Waals surface area contributed by atoms with Gasteiger partial charge in [-0.1, -0.05) is 13.8 Å². The maximum atomic E-state index is 11.5. The van der Waals surface area contributed by atoms with Crippen LogP contribution in [0.4, 0.5) is 0 Å². The van der Waals surface area contributed by atoms with Crippen LogP contribution < -0.4 is 5.32 Å². The standard InChI is InChI=1S/C13H26N2O/c1-10(2)13(16)14-8-12-6-5-7-15(9-12)11(3)4/h10-12H,5-9H2,1-4H3,(H,14,16)/t12-/m0/s1. The summed E-state index contributed by atoms with van der Waals surface area (Å²) in [4.78, 5) is 14.0. The van der Waals surface area contributed by atoms with E-state index in [1.807, 2.05) is 13.8 Å². The fourth-order valence-corrected chi connectivity index (χ4v) is 2.18. The minimum atomic E-state index is 0.102.